The van der Waals surface area contributed by atoms with Crippen molar-refractivity contribution >= 4 is 17.8 Å². The molecule has 0 saturated carbocycles. The maximum Gasteiger partial charge on any atom is 0.490 e. The van der Waals surface area contributed by atoms with Gasteiger partial charge in [0.15, 0.2) is 0 Å². The Labute approximate surface area is 165 Å². The zero-order chi connectivity index (χ0) is 22.0. The average molecular weight is 419 g/mol. The molecule has 1 spiro atoms. The number of aryl methyl sites for hydroxylation is 1. The normalized spacial score (nSPS) is 19.7. The lowest BCUT2D eigenvalue weighted by molar-refractivity contribution is -0.192. The molecule has 29 heavy (non-hydrogen) atoms. The molecule has 0 bridgehead atoms. The quantitative estimate of drug-likeness (QED) is 0.695. The van der Waals surface area contributed by atoms with Crippen LogP contribution in [0, 0.1) is 6.92 Å². The van der Waals surface area contributed by atoms with Gasteiger partial charge in [-0.2, -0.15) is 18.3 Å². The highest BCUT2D eigenvalue weighted by atomic mass is 19.4. The van der Waals surface area contributed by atoms with Crippen LogP contribution in [0.4, 0.5) is 13.2 Å². The van der Waals surface area contributed by atoms with Crippen molar-refractivity contribution in [2.24, 2.45) is 0 Å². The van der Waals surface area contributed by atoms with Gasteiger partial charge in [0, 0.05) is 38.9 Å². The fourth-order valence-electron chi connectivity index (χ4n) is 3.50. The second-order valence-electron chi connectivity index (χ2n) is 7.21. The van der Waals surface area contributed by atoms with E-state index in [0.717, 1.165) is 18.8 Å². The second kappa shape index (κ2) is 8.39. The van der Waals surface area contributed by atoms with Crippen molar-refractivity contribution in [3.05, 3.63) is 17.5 Å². The Hall–Kier alpha value is -2.63. The van der Waals surface area contributed by atoms with Gasteiger partial charge in [-0.25, -0.2) is 4.79 Å². The van der Waals surface area contributed by atoms with Gasteiger partial charge < -0.3 is 14.9 Å². The fraction of sp³-hybridized carbons (Fsp3) is 0.647. The summed E-state index contributed by atoms with van der Waals surface area (Å²) in [6.45, 7) is 4.71. The number of halogens is 3. The number of aromatic amines is 1. The third kappa shape index (κ3) is 4.86. The molecule has 1 aromatic heterocycles. The lowest BCUT2D eigenvalue weighted by Gasteiger charge is -2.50. The molecule has 0 unspecified atom stereocenters. The number of carboxylic acid groups (broad SMARTS) is 1. The van der Waals surface area contributed by atoms with Gasteiger partial charge >= 0.3 is 12.1 Å². The molecule has 2 aliphatic heterocycles. The number of likely N-dealkylation sites (N-methyl/N-ethyl adjacent to an activating group) is 2. The number of rotatable bonds is 1. The number of hydrogen-bond donors (Lipinski definition) is 2. The van der Waals surface area contributed by atoms with Crippen molar-refractivity contribution in [1.82, 2.24) is 24.9 Å². The molecular formula is C17H24F3N5O4. The lowest BCUT2D eigenvalue weighted by Crippen LogP contribution is -2.67. The molecule has 0 radical (unpaired) electrons. The molecule has 162 valence electrons. The van der Waals surface area contributed by atoms with Crippen LogP contribution in [-0.2, 0) is 9.59 Å². The third-order valence-electron chi connectivity index (χ3n) is 5.29. The van der Waals surface area contributed by atoms with E-state index >= 15 is 0 Å². The summed E-state index contributed by atoms with van der Waals surface area (Å²) in [5, 5.41) is 14.0. The molecule has 3 heterocycles. The van der Waals surface area contributed by atoms with E-state index in [9.17, 15) is 22.8 Å². The number of alkyl halides is 3. The number of nitrogens with zero attached hydrogens (tertiary/aromatic N) is 4. The minimum absolute atomic E-state index is 0.0570. The first-order valence-corrected chi connectivity index (χ1v) is 8.96. The number of carbonyl (C=O) groups is 3. The number of aromatic nitrogens is 2. The van der Waals surface area contributed by atoms with E-state index in [-0.39, 0.29) is 11.8 Å². The monoisotopic (exact) mass is 419 g/mol. The van der Waals surface area contributed by atoms with Gasteiger partial charge in [0.25, 0.3) is 5.91 Å². The second-order valence-corrected chi connectivity index (χ2v) is 7.21. The summed E-state index contributed by atoms with van der Waals surface area (Å²) in [5.74, 6) is -2.63. The van der Waals surface area contributed by atoms with Gasteiger partial charge in [0.2, 0.25) is 5.91 Å². The number of likely N-dealkylation sites (tertiary alicyclic amines) is 1. The summed E-state index contributed by atoms with van der Waals surface area (Å²) in [7, 11) is 3.88. The number of aliphatic carboxylic acids is 1. The zero-order valence-electron chi connectivity index (χ0n) is 16.4. The number of piperazine rings is 1. The first kappa shape index (κ1) is 22.7. The van der Waals surface area contributed by atoms with Crippen LogP contribution in [0.1, 0.15) is 29.0 Å². The van der Waals surface area contributed by atoms with Crippen LogP contribution in [-0.4, -0.2) is 99.8 Å². The maximum absolute atomic E-state index is 12.6. The van der Waals surface area contributed by atoms with Gasteiger partial charge in [-0.15, -0.1) is 0 Å². The molecule has 9 nitrogen and oxygen atoms in total. The van der Waals surface area contributed by atoms with E-state index in [4.69, 9.17) is 9.90 Å². The van der Waals surface area contributed by atoms with Crippen molar-refractivity contribution < 1.29 is 32.7 Å². The van der Waals surface area contributed by atoms with Crippen LogP contribution >= 0.6 is 0 Å². The summed E-state index contributed by atoms with van der Waals surface area (Å²) in [5.41, 5.74) is 0.889. The van der Waals surface area contributed by atoms with Crippen LogP contribution < -0.4 is 0 Å². The van der Waals surface area contributed by atoms with Crippen LogP contribution in [0.2, 0.25) is 0 Å². The Morgan fingerprint density at radius 3 is 2.17 bits per heavy atom. The topological polar surface area (TPSA) is 110 Å². The van der Waals surface area contributed by atoms with Gasteiger partial charge in [-0.1, -0.05) is 0 Å². The van der Waals surface area contributed by atoms with Gasteiger partial charge in [-0.05, 0) is 32.9 Å². The predicted molar refractivity (Wildman–Crippen MR) is 95.2 cm³/mol. The molecule has 12 heteroatoms. The summed E-state index contributed by atoms with van der Waals surface area (Å²) < 4.78 is 31.7. The van der Waals surface area contributed by atoms with Crippen molar-refractivity contribution in [3.63, 3.8) is 0 Å². The Morgan fingerprint density at radius 2 is 1.72 bits per heavy atom. The van der Waals surface area contributed by atoms with E-state index in [0.29, 0.717) is 31.6 Å². The summed E-state index contributed by atoms with van der Waals surface area (Å²) in [4.78, 5) is 39.7. The summed E-state index contributed by atoms with van der Waals surface area (Å²) >= 11 is 0. The molecule has 2 N–H and O–H groups in total. The smallest absolute Gasteiger partial charge is 0.475 e. The van der Waals surface area contributed by atoms with Crippen molar-refractivity contribution in [3.8, 4) is 0 Å². The zero-order valence-corrected chi connectivity index (χ0v) is 16.4. The summed E-state index contributed by atoms with van der Waals surface area (Å²) in [6.07, 6.45) is -3.72. The molecule has 0 aromatic carbocycles. The van der Waals surface area contributed by atoms with E-state index < -0.39 is 17.7 Å². The van der Waals surface area contributed by atoms with Crippen LogP contribution in [0.15, 0.2) is 6.07 Å². The number of carbonyl (C=O) groups excluding carboxylic acids is 2. The average Bonchev–Trinajstić information content (AvgIpc) is 3.09. The Bertz CT molecular complexity index is 771. The van der Waals surface area contributed by atoms with Crippen LogP contribution in [0.5, 0.6) is 0 Å². The van der Waals surface area contributed by atoms with Crippen LogP contribution in [0.3, 0.4) is 0 Å². The number of hydrogen-bond acceptors (Lipinski definition) is 5. The van der Waals surface area contributed by atoms with Gasteiger partial charge in [0.05, 0.1) is 0 Å². The molecule has 0 atom stereocenters. The molecule has 3 rings (SSSR count). The Kier molecular flexibility index (Phi) is 6.56. The third-order valence-corrected chi connectivity index (χ3v) is 5.29. The fourth-order valence-corrected chi connectivity index (χ4v) is 3.50. The van der Waals surface area contributed by atoms with Crippen molar-refractivity contribution in [2.75, 3.05) is 40.3 Å². The molecule has 2 saturated heterocycles. The molecular weight excluding hydrogens is 395 g/mol. The largest absolute Gasteiger partial charge is 0.490 e. The van der Waals surface area contributed by atoms with Crippen LogP contribution in [0.25, 0.3) is 0 Å². The first-order chi connectivity index (χ1) is 13.4. The van der Waals surface area contributed by atoms with E-state index in [1.165, 1.54) is 0 Å². The van der Waals surface area contributed by atoms with Gasteiger partial charge in [-0.3, -0.25) is 19.6 Å². The first-order valence-electron chi connectivity index (χ1n) is 8.96. The number of carboxylic acids is 1. The Balaban J connectivity index is 0.000000370. The summed E-state index contributed by atoms with van der Waals surface area (Å²) in [6, 6.07) is 1.76. The number of piperidine rings is 1. The predicted octanol–water partition coefficient (Wildman–Crippen LogP) is 0.730. The minimum Gasteiger partial charge on any atom is -0.475 e. The molecule has 2 amide bonds. The number of nitrogens with one attached hydrogen (secondary N) is 1. The standard InChI is InChI=1S/C15H23N5O2.C2HF3O2/c1-11-10-12(17-16-11)13(21)20-6-4-15(5-7-20)14(22)18(2)8-9-19(15)3;3-2(4,5)1(6)7/h10H,4-9H2,1-3H3,(H,16,17);(H,6,7). The van der Waals surface area contributed by atoms with E-state index in [1.54, 1.807) is 11.0 Å². The highest BCUT2D eigenvalue weighted by molar-refractivity contribution is 5.93. The van der Waals surface area contributed by atoms with Gasteiger partial charge in [0.1, 0.15) is 11.2 Å². The number of amides is 2. The molecule has 2 aliphatic rings. The molecule has 0 aliphatic carbocycles. The SMILES string of the molecule is Cc1cc(C(=O)N2CCC3(CC2)C(=O)N(C)CCN3C)n[nH]1.O=C(O)C(F)(F)F. The van der Waals surface area contributed by atoms with E-state index in [2.05, 4.69) is 15.1 Å². The van der Waals surface area contributed by atoms with Crippen molar-refractivity contribution in [1.29, 1.82) is 0 Å². The van der Waals surface area contributed by atoms with E-state index in [1.807, 2.05) is 25.9 Å². The maximum atomic E-state index is 12.6. The lowest BCUT2D eigenvalue weighted by atomic mass is 9.83. The highest BCUT2D eigenvalue weighted by Crippen LogP contribution is 2.32. The Morgan fingerprint density at radius 1 is 1.17 bits per heavy atom. The van der Waals surface area contributed by atoms with Crippen molar-refractivity contribution in [2.45, 2.75) is 31.5 Å². The number of H-pyrrole nitrogens is 1. The molecule has 1 aromatic rings. The molecule has 2 fully saturated rings. The highest BCUT2D eigenvalue weighted by Gasteiger charge is 2.49. The minimum atomic E-state index is -5.08.